The van der Waals surface area contributed by atoms with E-state index in [1.807, 2.05) is 100 Å². The number of carboxylic acids is 1. The SMILES string of the molecule is CC(C)(C)OC(=O)CN1CCN(CC(=O)NCCCCC(NC(=O)OCC2C3=C(CCC=C3)c3ccccc32)C(=O)O)CCN(CC(=O)OC(C)(C)C)CCN(CC(=O)OC(C)(C)C)CC1. The Labute approximate surface area is 391 Å². The van der Waals surface area contributed by atoms with E-state index >= 15 is 0 Å². The van der Waals surface area contributed by atoms with E-state index in [0.29, 0.717) is 71.7 Å². The number of alkyl carbamates (subject to hydrolysis) is 1. The first-order valence-electron chi connectivity index (χ1n) is 23.4. The average molecular weight is 925 g/mol. The first-order valence-corrected chi connectivity index (χ1v) is 23.4. The number of hydrogen-bond acceptors (Lipinski definition) is 14. The van der Waals surface area contributed by atoms with Crippen LogP contribution in [-0.4, -0.2) is 175 Å². The van der Waals surface area contributed by atoms with Gasteiger partial charge in [-0.25, -0.2) is 9.59 Å². The first kappa shape index (κ1) is 53.8. The summed E-state index contributed by atoms with van der Waals surface area (Å²) in [7, 11) is 0. The number of benzene rings is 1. The van der Waals surface area contributed by atoms with E-state index in [1.54, 1.807) is 0 Å². The predicted molar refractivity (Wildman–Crippen MR) is 251 cm³/mol. The van der Waals surface area contributed by atoms with E-state index in [-0.39, 0.29) is 68.9 Å². The highest BCUT2D eigenvalue weighted by molar-refractivity contribution is 5.82. The zero-order valence-corrected chi connectivity index (χ0v) is 40.9. The van der Waals surface area contributed by atoms with Gasteiger partial charge in [-0.2, -0.15) is 0 Å². The second kappa shape index (κ2) is 24.8. The van der Waals surface area contributed by atoms with E-state index < -0.39 is 34.9 Å². The Morgan fingerprint density at radius 1 is 0.682 bits per heavy atom. The van der Waals surface area contributed by atoms with Gasteiger partial charge in [0.25, 0.3) is 0 Å². The van der Waals surface area contributed by atoms with Crippen LogP contribution in [-0.2, 0) is 42.9 Å². The van der Waals surface area contributed by atoms with Gasteiger partial charge < -0.3 is 34.7 Å². The zero-order chi connectivity index (χ0) is 48.7. The monoisotopic (exact) mass is 925 g/mol. The van der Waals surface area contributed by atoms with Crippen LogP contribution in [0.1, 0.15) is 111 Å². The average Bonchev–Trinajstić information content (AvgIpc) is 3.51. The number of allylic oxidation sites excluding steroid dienone is 3. The lowest BCUT2D eigenvalue weighted by atomic mass is 9.93. The maximum Gasteiger partial charge on any atom is 0.407 e. The topological polar surface area (TPSA) is 197 Å². The number of esters is 3. The van der Waals surface area contributed by atoms with Gasteiger partial charge in [-0.05, 0) is 117 Å². The smallest absolute Gasteiger partial charge is 0.407 e. The number of rotatable bonds is 17. The van der Waals surface area contributed by atoms with Crippen LogP contribution in [0.25, 0.3) is 5.57 Å². The van der Waals surface area contributed by atoms with E-state index in [1.165, 1.54) is 11.1 Å². The van der Waals surface area contributed by atoms with Gasteiger partial charge in [0, 0.05) is 64.8 Å². The van der Waals surface area contributed by atoms with Crippen molar-refractivity contribution in [3.05, 3.63) is 53.1 Å². The maximum absolute atomic E-state index is 13.4. The Kier molecular flexibility index (Phi) is 20.2. The number of amides is 2. The van der Waals surface area contributed by atoms with E-state index in [2.05, 4.69) is 28.9 Å². The Balaban J connectivity index is 1.33. The van der Waals surface area contributed by atoms with Crippen molar-refractivity contribution in [1.82, 2.24) is 30.2 Å². The van der Waals surface area contributed by atoms with Crippen LogP contribution >= 0.6 is 0 Å². The third kappa shape index (κ3) is 19.6. The number of carboxylic acid groups (broad SMARTS) is 1. The number of fused-ring (bicyclic) bond motifs is 2. The quantitative estimate of drug-likeness (QED) is 0.111. The van der Waals surface area contributed by atoms with Crippen LogP contribution in [0.5, 0.6) is 0 Å². The van der Waals surface area contributed by atoms with Gasteiger partial charge in [0.15, 0.2) is 0 Å². The van der Waals surface area contributed by atoms with Gasteiger partial charge in [-0.15, -0.1) is 0 Å². The molecule has 2 aliphatic carbocycles. The number of nitrogens with zero attached hydrogens (tertiary/aromatic N) is 4. The molecule has 1 aromatic carbocycles. The standard InChI is InChI=1S/C49H76N6O11/c1-47(2,3)64-42(57)31-53-24-22-52(23-25-54(32-43(58)65-48(4,5)6)27-29-55(28-26-53)33-44(59)66-49(7,8)9)30-41(56)50-21-15-14-20-40(45(60)61)51-46(62)63-34-39-37-18-12-10-16-35(37)36-17-11-13-19-38(36)39/h10,12-13,16,18-19,39-40H,11,14-15,17,20-34H2,1-9H3,(H,50,56)(H,51,62)(H,60,61). The summed E-state index contributed by atoms with van der Waals surface area (Å²) in [5.74, 6) is -2.67. The summed E-state index contributed by atoms with van der Waals surface area (Å²) in [5, 5.41) is 15.4. The van der Waals surface area contributed by atoms with Gasteiger partial charge in [0.2, 0.25) is 5.91 Å². The molecular weight excluding hydrogens is 849 g/mol. The Bertz CT molecular complexity index is 1850. The van der Waals surface area contributed by atoms with Crippen molar-refractivity contribution in [2.45, 2.75) is 123 Å². The number of nitrogens with one attached hydrogen (secondary N) is 2. The zero-order valence-electron chi connectivity index (χ0n) is 40.9. The van der Waals surface area contributed by atoms with E-state index in [0.717, 1.165) is 24.0 Å². The molecule has 1 heterocycles. The summed E-state index contributed by atoms with van der Waals surface area (Å²) < 4.78 is 22.5. The third-order valence-electron chi connectivity index (χ3n) is 11.1. The number of aliphatic carboxylic acids is 1. The summed E-state index contributed by atoms with van der Waals surface area (Å²) >= 11 is 0. The predicted octanol–water partition coefficient (Wildman–Crippen LogP) is 4.60. The fourth-order valence-corrected chi connectivity index (χ4v) is 8.16. The van der Waals surface area contributed by atoms with Crippen LogP contribution in [0.4, 0.5) is 4.79 Å². The molecule has 0 spiro atoms. The van der Waals surface area contributed by atoms with Crippen molar-refractivity contribution in [3.8, 4) is 0 Å². The molecule has 17 heteroatoms. The molecule has 0 radical (unpaired) electrons. The van der Waals surface area contributed by atoms with Crippen molar-refractivity contribution in [1.29, 1.82) is 0 Å². The summed E-state index contributed by atoms with van der Waals surface area (Å²) in [6.07, 6.45) is 6.36. The number of carbonyl (C=O) groups is 6. The van der Waals surface area contributed by atoms with Crippen LogP contribution in [0.3, 0.4) is 0 Å². The summed E-state index contributed by atoms with van der Waals surface area (Å²) in [4.78, 5) is 85.3. The van der Waals surface area contributed by atoms with Crippen molar-refractivity contribution in [3.63, 3.8) is 0 Å². The lowest BCUT2D eigenvalue weighted by Gasteiger charge is -2.34. The van der Waals surface area contributed by atoms with Gasteiger partial charge in [-0.1, -0.05) is 36.4 Å². The van der Waals surface area contributed by atoms with Gasteiger partial charge in [0.1, 0.15) is 29.5 Å². The molecule has 2 amide bonds. The number of ether oxygens (including phenoxy) is 4. The van der Waals surface area contributed by atoms with E-state index in [9.17, 15) is 33.9 Å². The minimum Gasteiger partial charge on any atom is -0.480 e. The molecule has 1 saturated heterocycles. The molecule has 0 bridgehead atoms. The Morgan fingerprint density at radius 3 is 1.62 bits per heavy atom. The van der Waals surface area contributed by atoms with Gasteiger partial charge in [0.05, 0.1) is 26.2 Å². The summed E-state index contributed by atoms with van der Waals surface area (Å²) in [6.45, 7) is 20.1. The molecular formula is C49H76N6O11. The molecule has 4 rings (SSSR count). The minimum atomic E-state index is -1.17. The van der Waals surface area contributed by atoms with Crippen LogP contribution in [0.2, 0.25) is 0 Å². The van der Waals surface area contributed by atoms with Crippen molar-refractivity contribution in [2.75, 3.05) is 91.7 Å². The van der Waals surface area contributed by atoms with Gasteiger partial charge in [-0.3, -0.25) is 38.8 Å². The second-order valence-corrected chi connectivity index (χ2v) is 20.4. The molecule has 368 valence electrons. The molecule has 66 heavy (non-hydrogen) atoms. The van der Waals surface area contributed by atoms with Crippen LogP contribution in [0, 0.1) is 0 Å². The Hall–Kier alpha value is -4.84. The largest absolute Gasteiger partial charge is 0.480 e. The third-order valence-corrected chi connectivity index (χ3v) is 11.1. The molecule has 17 nitrogen and oxygen atoms in total. The molecule has 2 atom stereocenters. The fourth-order valence-electron chi connectivity index (χ4n) is 8.16. The minimum absolute atomic E-state index is 0.0119. The molecule has 0 aromatic heterocycles. The normalized spacial score (nSPS) is 18.8. The van der Waals surface area contributed by atoms with Gasteiger partial charge >= 0.3 is 30.0 Å². The lowest BCUT2D eigenvalue weighted by Crippen LogP contribution is -2.50. The lowest BCUT2D eigenvalue weighted by molar-refractivity contribution is -0.158. The molecule has 1 aliphatic heterocycles. The number of hydrogen-bond donors (Lipinski definition) is 3. The first-order chi connectivity index (χ1) is 30.9. The van der Waals surface area contributed by atoms with Crippen molar-refractivity contribution < 1.29 is 52.8 Å². The maximum atomic E-state index is 13.4. The van der Waals surface area contributed by atoms with Crippen molar-refractivity contribution >= 4 is 41.5 Å². The number of unbranched alkanes of at least 4 members (excludes halogenated alkanes) is 1. The summed E-state index contributed by atoms with van der Waals surface area (Å²) in [5.41, 5.74) is 2.67. The Morgan fingerprint density at radius 2 is 1.15 bits per heavy atom. The molecule has 3 N–H and O–H groups in total. The molecule has 0 saturated carbocycles. The van der Waals surface area contributed by atoms with E-state index in [4.69, 9.17) is 18.9 Å². The summed E-state index contributed by atoms with van der Waals surface area (Å²) in [6, 6.07) is 6.94. The number of carbonyl (C=O) groups excluding carboxylic acids is 5. The van der Waals surface area contributed by atoms with Crippen LogP contribution in [0.15, 0.2) is 42.0 Å². The highest BCUT2D eigenvalue weighted by atomic mass is 16.6. The molecule has 3 aliphatic rings. The second-order valence-electron chi connectivity index (χ2n) is 20.4. The highest BCUT2D eigenvalue weighted by Crippen LogP contribution is 2.46. The molecule has 1 fully saturated rings. The van der Waals surface area contributed by atoms with Crippen molar-refractivity contribution in [2.24, 2.45) is 0 Å². The molecule has 2 unspecified atom stereocenters. The van der Waals surface area contributed by atoms with Crippen LogP contribution < -0.4 is 10.6 Å². The molecule has 1 aromatic rings. The highest BCUT2D eigenvalue weighted by Gasteiger charge is 2.32. The fraction of sp³-hybridized carbons (Fsp3) is 0.673.